The smallest absolute Gasteiger partial charge is 0.115 e. The van der Waals surface area contributed by atoms with Crippen LogP contribution in [0.25, 0.3) is 0 Å². The quantitative estimate of drug-likeness (QED) is 0.752. The van der Waals surface area contributed by atoms with Gasteiger partial charge < -0.3 is 10.8 Å². The fraction of sp³-hybridized carbons (Fsp3) is 0.500. The Kier molecular flexibility index (Phi) is 2.04. The van der Waals surface area contributed by atoms with Gasteiger partial charge in [-0.1, -0.05) is 26.0 Å². The van der Waals surface area contributed by atoms with Crippen LogP contribution in [-0.4, -0.2) is 11.7 Å². The van der Waals surface area contributed by atoms with Crippen LogP contribution in [0, 0.1) is 11.3 Å². The minimum absolute atomic E-state index is 0.325. The molecule has 1 aromatic rings. The minimum Gasteiger partial charge on any atom is -0.508 e. The summed E-state index contributed by atoms with van der Waals surface area (Å²) >= 11 is 0. The number of aromatic hydroxyl groups is 1. The van der Waals surface area contributed by atoms with Crippen LogP contribution in [0.3, 0.4) is 0 Å². The Morgan fingerprint density at radius 1 is 1.29 bits per heavy atom. The first kappa shape index (κ1) is 9.53. The molecule has 1 aromatic carbocycles. The summed E-state index contributed by atoms with van der Waals surface area (Å²) in [5.74, 6) is 1.48. The number of hydrogen-bond acceptors (Lipinski definition) is 2. The zero-order chi connectivity index (χ0) is 10.3. The standard InChI is InChI=1S/C12H17NO/c1-12(2)10(7-13)11(12)8-3-5-9(14)6-4-8/h3-6,10-11,14H,7,13H2,1-2H3/t10-,11-/m1/s1. The minimum atomic E-state index is 0.325. The summed E-state index contributed by atoms with van der Waals surface area (Å²) < 4.78 is 0. The predicted molar refractivity (Wildman–Crippen MR) is 57.2 cm³/mol. The van der Waals surface area contributed by atoms with Crippen molar-refractivity contribution in [2.75, 3.05) is 6.54 Å². The van der Waals surface area contributed by atoms with E-state index < -0.39 is 0 Å². The maximum atomic E-state index is 9.19. The van der Waals surface area contributed by atoms with E-state index in [2.05, 4.69) is 13.8 Å². The molecule has 0 aliphatic heterocycles. The molecule has 0 spiro atoms. The maximum absolute atomic E-state index is 9.19. The van der Waals surface area contributed by atoms with Gasteiger partial charge in [-0.25, -0.2) is 0 Å². The Labute approximate surface area is 84.7 Å². The molecule has 76 valence electrons. The van der Waals surface area contributed by atoms with Gasteiger partial charge in [0.1, 0.15) is 5.75 Å². The molecule has 2 rings (SSSR count). The molecule has 1 saturated carbocycles. The molecule has 1 aliphatic rings. The highest BCUT2D eigenvalue weighted by Gasteiger charge is 2.56. The first-order valence-corrected chi connectivity index (χ1v) is 5.06. The largest absolute Gasteiger partial charge is 0.508 e. The zero-order valence-corrected chi connectivity index (χ0v) is 8.70. The van der Waals surface area contributed by atoms with Crippen molar-refractivity contribution >= 4 is 0 Å². The number of phenols is 1. The van der Waals surface area contributed by atoms with Crippen LogP contribution in [0.5, 0.6) is 5.75 Å². The summed E-state index contributed by atoms with van der Waals surface area (Å²) in [6, 6.07) is 7.49. The summed E-state index contributed by atoms with van der Waals surface area (Å²) in [5, 5.41) is 9.19. The summed E-state index contributed by atoms with van der Waals surface area (Å²) in [4.78, 5) is 0. The second-order valence-corrected chi connectivity index (χ2v) is 4.73. The van der Waals surface area contributed by atoms with E-state index in [1.807, 2.05) is 12.1 Å². The number of rotatable bonds is 2. The normalized spacial score (nSPS) is 28.8. The van der Waals surface area contributed by atoms with E-state index in [1.54, 1.807) is 12.1 Å². The first-order valence-electron chi connectivity index (χ1n) is 5.06. The van der Waals surface area contributed by atoms with Gasteiger partial charge in [0.15, 0.2) is 0 Å². The van der Waals surface area contributed by atoms with Gasteiger partial charge >= 0.3 is 0 Å². The van der Waals surface area contributed by atoms with Gasteiger partial charge in [0.25, 0.3) is 0 Å². The average Bonchev–Trinajstić information content (AvgIpc) is 2.69. The topological polar surface area (TPSA) is 46.2 Å². The second-order valence-electron chi connectivity index (χ2n) is 4.73. The molecule has 3 N–H and O–H groups in total. The van der Waals surface area contributed by atoms with E-state index >= 15 is 0 Å². The summed E-state index contributed by atoms with van der Waals surface area (Å²) in [6.07, 6.45) is 0. The van der Waals surface area contributed by atoms with Gasteiger partial charge in [-0.05, 0) is 41.5 Å². The van der Waals surface area contributed by atoms with Crippen LogP contribution >= 0.6 is 0 Å². The SMILES string of the molecule is CC1(C)[C@H](CN)[C@H]1c1ccc(O)cc1. The summed E-state index contributed by atoms with van der Waals surface area (Å²) in [7, 11) is 0. The van der Waals surface area contributed by atoms with Crippen LogP contribution in [0.4, 0.5) is 0 Å². The third kappa shape index (κ3) is 1.30. The number of benzene rings is 1. The molecule has 0 amide bonds. The molecule has 0 heterocycles. The van der Waals surface area contributed by atoms with Crippen molar-refractivity contribution in [3.63, 3.8) is 0 Å². The number of hydrogen-bond donors (Lipinski definition) is 2. The van der Waals surface area contributed by atoms with E-state index in [-0.39, 0.29) is 0 Å². The Morgan fingerprint density at radius 3 is 2.29 bits per heavy atom. The van der Waals surface area contributed by atoms with Gasteiger partial charge in [-0.15, -0.1) is 0 Å². The third-order valence-electron chi connectivity index (χ3n) is 3.56. The molecule has 0 unspecified atom stereocenters. The molecule has 2 nitrogen and oxygen atoms in total. The van der Waals surface area contributed by atoms with Gasteiger partial charge in [0.05, 0.1) is 0 Å². The molecule has 2 atom stereocenters. The van der Waals surface area contributed by atoms with E-state index in [0.717, 1.165) is 6.54 Å². The average molecular weight is 191 g/mol. The molecule has 1 fully saturated rings. The fourth-order valence-corrected chi connectivity index (χ4v) is 2.53. The predicted octanol–water partition coefficient (Wildman–Crippen LogP) is 2.09. The van der Waals surface area contributed by atoms with Crippen LogP contribution in [0.2, 0.25) is 0 Å². The Bertz CT molecular complexity index is 329. The van der Waals surface area contributed by atoms with Gasteiger partial charge in [0.2, 0.25) is 0 Å². The molecule has 0 bridgehead atoms. The molecule has 0 radical (unpaired) electrons. The van der Waals surface area contributed by atoms with Crippen molar-refractivity contribution in [1.82, 2.24) is 0 Å². The fourth-order valence-electron chi connectivity index (χ4n) is 2.53. The molecule has 1 aliphatic carbocycles. The van der Waals surface area contributed by atoms with Crippen molar-refractivity contribution in [1.29, 1.82) is 0 Å². The van der Waals surface area contributed by atoms with Crippen LogP contribution < -0.4 is 5.73 Å². The molecule has 0 saturated heterocycles. The third-order valence-corrected chi connectivity index (χ3v) is 3.56. The molecule has 0 aromatic heterocycles. The van der Waals surface area contributed by atoms with E-state index in [9.17, 15) is 5.11 Å². The highest BCUT2D eigenvalue weighted by molar-refractivity contribution is 5.35. The van der Waals surface area contributed by atoms with Crippen LogP contribution in [0.1, 0.15) is 25.3 Å². The summed E-state index contributed by atoms with van der Waals surface area (Å²) in [5.41, 5.74) is 7.34. The highest BCUT2D eigenvalue weighted by Crippen LogP contribution is 2.63. The van der Waals surface area contributed by atoms with Gasteiger partial charge in [-0.2, -0.15) is 0 Å². The van der Waals surface area contributed by atoms with Crippen molar-refractivity contribution < 1.29 is 5.11 Å². The van der Waals surface area contributed by atoms with Crippen LogP contribution in [0.15, 0.2) is 24.3 Å². The Balaban J connectivity index is 2.22. The second kappa shape index (κ2) is 2.99. The Morgan fingerprint density at radius 2 is 1.86 bits per heavy atom. The van der Waals surface area contributed by atoms with Crippen LogP contribution in [-0.2, 0) is 0 Å². The number of nitrogens with two attached hydrogens (primary N) is 1. The van der Waals surface area contributed by atoms with Gasteiger partial charge in [0, 0.05) is 0 Å². The van der Waals surface area contributed by atoms with Crippen molar-refractivity contribution in [3.8, 4) is 5.75 Å². The zero-order valence-electron chi connectivity index (χ0n) is 8.70. The lowest BCUT2D eigenvalue weighted by Gasteiger charge is -2.02. The molecular weight excluding hydrogens is 174 g/mol. The highest BCUT2D eigenvalue weighted by atomic mass is 16.3. The van der Waals surface area contributed by atoms with E-state index in [1.165, 1.54) is 5.56 Å². The summed E-state index contributed by atoms with van der Waals surface area (Å²) in [6.45, 7) is 5.25. The van der Waals surface area contributed by atoms with E-state index in [4.69, 9.17) is 5.73 Å². The van der Waals surface area contributed by atoms with Crippen molar-refractivity contribution in [2.24, 2.45) is 17.1 Å². The van der Waals surface area contributed by atoms with E-state index in [0.29, 0.717) is 23.0 Å². The molecule has 2 heteroatoms. The molecule has 14 heavy (non-hydrogen) atoms. The lowest BCUT2D eigenvalue weighted by Crippen LogP contribution is -2.05. The first-order chi connectivity index (χ1) is 6.57. The Hall–Kier alpha value is -1.02. The number of phenolic OH excluding ortho intramolecular Hbond substituents is 1. The maximum Gasteiger partial charge on any atom is 0.115 e. The van der Waals surface area contributed by atoms with Gasteiger partial charge in [-0.3, -0.25) is 0 Å². The monoisotopic (exact) mass is 191 g/mol. The van der Waals surface area contributed by atoms with Crippen molar-refractivity contribution in [2.45, 2.75) is 19.8 Å². The lowest BCUT2D eigenvalue weighted by atomic mass is 10.0. The molecular formula is C12H17NO. The lowest BCUT2D eigenvalue weighted by molar-refractivity contribution is 0.475. The van der Waals surface area contributed by atoms with Crippen molar-refractivity contribution in [3.05, 3.63) is 29.8 Å².